The van der Waals surface area contributed by atoms with Gasteiger partial charge in [-0.25, -0.2) is 4.68 Å². The molecular formula is C12H13N3OS. The molecule has 17 heavy (non-hydrogen) atoms. The largest absolute Gasteiger partial charge is 0.396 e. The first-order chi connectivity index (χ1) is 8.36. The summed E-state index contributed by atoms with van der Waals surface area (Å²) in [7, 11) is 0. The van der Waals surface area contributed by atoms with E-state index in [1.54, 1.807) is 11.3 Å². The number of hydrogen-bond donors (Lipinski definition) is 1. The molecule has 0 saturated heterocycles. The fraction of sp³-hybridized carbons (Fsp3) is 0.333. The summed E-state index contributed by atoms with van der Waals surface area (Å²) in [5.74, 6) is 0.258. The lowest BCUT2D eigenvalue weighted by atomic mass is 10.1. The summed E-state index contributed by atoms with van der Waals surface area (Å²) in [6.45, 7) is 0.207. The SMILES string of the molecule is OC[C@H]1C=C[C@@H](n2cc(-c3ccsc3)nn2)C1. The summed E-state index contributed by atoms with van der Waals surface area (Å²) < 4.78 is 1.87. The van der Waals surface area contributed by atoms with E-state index in [1.165, 1.54) is 0 Å². The first kappa shape index (κ1) is 10.7. The maximum Gasteiger partial charge on any atom is 0.113 e. The number of thiophene rings is 1. The van der Waals surface area contributed by atoms with Crippen molar-refractivity contribution in [3.05, 3.63) is 35.2 Å². The van der Waals surface area contributed by atoms with Crippen LogP contribution in [0.4, 0.5) is 0 Å². The van der Waals surface area contributed by atoms with E-state index in [9.17, 15) is 0 Å². The lowest BCUT2D eigenvalue weighted by Gasteiger charge is -2.09. The molecule has 5 heteroatoms. The molecule has 88 valence electrons. The van der Waals surface area contributed by atoms with Gasteiger partial charge in [0.25, 0.3) is 0 Å². The Morgan fingerprint density at radius 1 is 1.47 bits per heavy atom. The quantitative estimate of drug-likeness (QED) is 0.845. The van der Waals surface area contributed by atoms with Crippen LogP contribution in [-0.4, -0.2) is 26.7 Å². The average molecular weight is 247 g/mol. The van der Waals surface area contributed by atoms with E-state index in [1.807, 2.05) is 22.3 Å². The number of rotatable bonds is 3. The van der Waals surface area contributed by atoms with Crippen LogP contribution in [0.3, 0.4) is 0 Å². The number of aliphatic hydroxyl groups excluding tert-OH is 1. The normalized spacial score (nSPS) is 23.4. The van der Waals surface area contributed by atoms with Crippen LogP contribution < -0.4 is 0 Å². The highest BCUT2D eigenvalue weighted by Crippen LogP contribution is 2.28. The average Bonchev–Trinajstić information content (AvgIpc) is 3.09. The van der Waals surface area contributed by atoms with Crippen LogP contribution in [0.5, 0.6) is 0 Å². The molecule has 2 heterocycles. The van der Waals surface area contributed by atoms with Gasteiger partial charge in [-0.05, 0) is 17.9 Å². The fourth-order valence-corrected chi connectivity index (χ4v) is 2.72. The van der Waals surface area contributed by atoms with Crippen LogP contribution in [0.15, 0.2) is 35.2 Å². The molecule has 2 aromatic rings. The standard InChI is InChI=1S/C12H13N3OS/c16-7-9-1-2-11(5-9)15-6-12(13-14-15)10-3-4-17-8-10/h1-4,6,8-9,11,16H,5,7H2/t9-,11+/m0/s1. The fourth-order valence-electron chi connectivity index (χ4n) is 2.07. The lowest BCUT2D eigenvalue weighted by Crippen LogP contribution is -2.08. The predicted octanol–water partition coefficient (Wildman–Crippen LogP) is 2.12. The van der Waals surface area contributed by atoms with E-state index in [0.29, 0.717) is 0 Å². The van der Waals surface area contributed by atoms with E-state index in [0.717, 1.165) is 17.7 Å². The molecule has 2 atom stereocenters. The Kier molecular flexibility index (Phi) is 2.78. The van der Waals surface area contributed by atoms with E-state index in [-0.39, 0.29) is 18.6 Å². The van der Waals surface area contributed by atoms with Crippen molar-refractivity contribution < 1.29 is 5.11 Å². The molecule has 1 N–H and O–H groups in total. The monoisotopic (exact) mass is 247 g/mol. The molecule has 1 aliphatic rings. The van der Waals surface area contributed by atoms with Gasteiger partial charge in [0, 0.05) is 23.5 Å². The second-order valence-electron chi connectivity index (χ2n) is 4.23. The summed E-state index contributed by atoms with van der Waals surface area (Å²) in [6.07, 6.45) is 7.02. The highest BCUT2D eigenvalue weighted by molar-refractivity contribution is 7.08. The molecule has 0 unspecified atom stereocenters. The number of aromatic nitrogens is 3. The first-order valence-electron chi connectivity index (χ1n) is 5.60. The van der Waals surface area contributed by atoms with E-state index >= 15 is 0 Å². The Morgan fingerprint density at radius 2 is 2.41 bits per heavy atom. The molecule has 0 aromatic carbocycles. The highest BCUT2D eigenvalue weighted by Gasteiger charge is 2.20. The van der Waals surface area contributed by atoms with Gasteiger partial charge in [0.05, 0.1) is 12.2 Å². The predicted molar refractivity (Wildman–Crippen MR) is 66.7 cm³/mol. The van der Waals surface area contributed by atoms with E-state index in [2.05, 4.69) is 27.8 Å². The third-order valence-corrected chi connectivity index (χ3v) is 3.73. The zero-order valence-corrected chi connectivity index (χ0v) is 10.0. The Balaban J connectivity index is 1.80. The summed E-state index contributed by atoms with van der Waals surface area (Å²) >= 11 is 1.66. The Morgan fingerprint density at radius 3 is 3.12 bits per heavy atom. The van der Waals surface area contributed by atoms with Crippen molar-refractivity contribution in [2.24, 2.45) is 5.92 Å². The first-order valence-corrected chi connectivity index (χ1v) is 6.54. The summed E-state index contributed by atoms with van der Waals surface area (Å²) in [6, 6.07) is 2.27. The van der Waals surface area contributed by atoms with Crippen molar-refractivity contribution in [2.45, 2.75) is 12.5 Å². The molecule has 4 nitrogen and oxygen atoms in total. The van der Waals surface area contributed by atoms with Crippen LogP contribution in [-0.2, 0) is 0 Å². The van der Waals surface area contributed by atoms with Gasteiger partial charge in [-0.2, -0.15) is 11.3 Å². The smallest absolute Gasteiger partial charge is 0.113 e. The lowest BCUT2D eigenvalue weighted by molar-refractivity contribution is 0.242. The van der Waals surface area contributed by atoms with Crippen molar-refractivity contribution in [1.29, 1.82) is 0 Å². The molecule has 0 amide bonds. The van der Waals surface area contributed by atoms with Crippen LogP contribution >= 0.6 is 11.3 Å². The topological polar surface area (TPSA) is 50.9 Å². The zero-order valence-electron chi connectivity index (χ0n) is 9.23. The third kappa shape index (κ3) is 2.03. The molecule has 0 radical (unpaired) electrons. The van der Waals surface area contributed by atoms with Crippen molar-refractivity contribution >= 4 is 11.3 Å². The van der Waals surface area contributed by atoms with Gasteiger partial charge in [-0.15, -0.1) is 5.10 Å². The number of allylic oxidation sites excluding steroid dienone is 1. The molecule has 0 saturated carbocycles. The van der Waals surface area contributed by atoms with Gasteiger partial charge in [0.2, 0.25) is 0 Å². The van der Waals surface area contributed by atoms with Crippen molar-refractivity contribution in [3.8, 4) is 11.3 Å². The Bertz CT molecular complexity index is 518. The molecule has 2 aromatic heterocycles. The van der Waals surface area contributed by atoms with Gasteiger partial charge >= 0.3 is 0 Å². The van der Waals surface area contributed by atoms with Crippen LogP contribution in [0, 0.1) is 5.92 Å². The molecule has 0 bridgehead atoms. The minimum Gasteiger partial charge on any atom is -0.396 e. The van der Waals surface area contributed by atoms with Gasteiger partial charge in [0.1, 0.15) is 5.69 Å². The minimum absolute atomic E-state index is 0.207. The molecule has 0 spiro atoms. The second kappa shape index (κ2) is 4.43. The van der Waals surface area contributed by atoms with E-state index in [4.69, 9.17) is 5.11 Å². The van der Waals surface area contributed by atoms with Gasteiger partial charge in [-0.3, -0.25) is 0 Å². The molecule has 0 aliphatic heterocycles. The number of aliphatic hydroxyl groups is 1. The van der Waals surface area contributed by atoms with Crippen molar-refractivity contribution in [1.82, 2.24) is 15.0 Å². The maximum absolute atomic E-state index is 9.09. The van der Waals surface area contributed by atoms with Crippen LogP contribution in [0.25, 0.3) is 11.3 Å². The van der Waals surface area contributed by atoms with Gasteiger partial charge in [0.15, 0.2) is 0 Å². The molecule has 3 rings (SSSR count). The number of hydrogen-bond acceptors (Lipinski definition) is 4. The summed E-state index contributed by atoms with van der Waals surface area (Å²) in [4.78, 5) is 0. The minimum atomic E-state index is 0.207. The zero-order chi connectivity index (χ0) is 11.7. The van der Waals surface area contributed by atoms with Gasteiger partial charge in [-0.1, -0.05) is 17.4 Å². The second-order valence-corrected chi connectivity index (χ2v) is 5.01. The number of nitrogens with zero attached hydrogens (tertiary/aromatic N) is 3. The van der Waals surface area contributed by atoms with Gasteiger partial charge < -0.3 is 5.11 Å². The van der Waals surface area contributed by atoms with Crippen molar-refractivity contribution in [2.75, 3.05) is 6.61 Å². The summed E-state index contributed by atoms with van der Waals surface area (Å²) in [5.41, 5.74) is 2.02. The highest BCUT2D eigenvalue weighted by atomic mass is 32.1. The Hall–Kier alpha value is -1.46. The third-order valence-electron chi connectivity index (χ3n) is 3.05. The molecule has 0 fully saturated rings. The van der Waals surface area contributed by atoms with Crippen LogP contribution in [0.2, 0.25) is 0 Å². The molecule has 1 aliphatic carbocycles. The molecular weight excluding hydrogens is 234 g/mol. The van der Waals surface area contributed by atoms with E-state index < -0.39 is 0 Å². The maximum atomic E-state index is 9.09. The summed E-state index contributed by atoms with van der Waals surface area (Å²) in [5, 5.41) is 21.5. The Labute approximate surface area is 103 Å². The van der Waals surface area contributed by atoms with Crippen LogP contribution in [0.1, 0.15) is 12.5 Å². The van der Waals surface area contributed by atoms with Crippen molar-refractivity contribution in [3.63, 3.8) is 0 Å².